The van der Waals surface area contributed by atoms with Crippen molar-refractivity contribution in [3.8, 4) is 17.0 Å². The molecule has 3 heterocycles. The van der Waals surface area contributed by atoms with Gasteiger partial charge in [-0.2, -0.15) is 10.2 Å². The lowest BCUT2D eigenvalue weighted by molar-refractivity contribution is 0.0842. The topological polar surface area (TPSA) is 85.0 Å². The Morgan fingerprint density at radius 2 is 1.77 bits per heavy atom. The van der Waals surface area contributed by atoms with Crippen LogP contribution in [0.25, 0.3) is 22.2 Å². The molecule has 1 saturated heterocycles. The number of nitrogens with two attached hydrogens (primary N) is 1. The molecule has 182 valence electrons. The van der Waals surface area contributed by atoms with Crippen molar-refractivity contribution < 1.29 is 13.5 Å². The molecule has 1 aliphatic carbocycles. The first-order chi connectivity index (χ1) is 17.0. The molecule has 9 heteroatoms. The summed E-state index contributed by atoms with van der Waals surface area (Å²) in [6.45, 7) is 2.26. The maximum atomic E-state index is 13.6. The number of fused-ring (bicyclic) bond motifs is 1. The number of hydrogen-bond donors (Lipinski definition) is 2. The lowest BCUT2D eigenvalue weighted by atomic mass is 9.89. The number of piperidine rings is 1. The van der Waals surface area contributed by atoms with Gasteiger partial charge in [0.1, 0.15) is 23.1 Å². The highest BCUT2D eigenvalue weighted by atomic mass is 19.1. The number of halogens is 2. The van der Waals surface area contributed by atoms with Gasteiger partial charge in [0.2, 0.25) is 0 Å². The minimum absolute atomic E-state index is 0.222. The lowest BCUT2D eigenvalue weighted by Crippen LogP contribution is -2.45. The van der Waals surface area contributed by atoms with Gasteiger partial charge in [-0.3, -0.25) is 15.5 Å². The molecule has 6 rings (SSSR count). The Labute approximate surface area is 201 Å². The summed E-state index contributed by atoms with van der Waals surface area (Å²) in [6.07, 6.45) is 9.17. The third kappa shape index (κ3) is 4.41. The summed E-state index contributed by atoms with van der Waals surface area (Å²) in [5.41, 5.74) is 8.83. The highest BCUT2D eigenvalue weighted by molar-refractivity contribution is 5.93. The van der Waals surface area contributed by atoms with Crippen molar-refractivity contribution in [1.82, 2.24) is 24.9 Å². The Balaban J connectivity index is 1.19. The van der Waals surface area contributed by atoms with Gasteiger partial charge in [-0.05, 0) is 56.0 Å². The summed E-state index contributed by atoms with van der Waals surface area (Å²) in [5.74, 6) is -0.914. The Morgan fingerprint density at radius 1 is 1.00 bits per heavy atom. The third-order valence-corrected chi connectivity index (χ3v) is 7.35. The van der Waals surface area contributed by atoms with Crippen molar-refractivity contribution in [2.24, 2.45) is 5.73 Å². The van der Waals surface area contributed by atoms with Crippen LogP contribution in [0.5, 0.6) is 5.75 Å². The van der Waals surface area contributed by atoms with E-state index in [-0.39, 0.29) is 5.56 Å². The van der Waals surface area contributed by atoms with Crippen LogP contribution in [0.1, 0.15) is 49.9 Å². The molecular formula is C26H28F2N6O. The summed E-state index contributed by atoms with van der Waals surface area (Å²) >= 11 is 0. The minimum Gasteiger partial charge on any atom is -0.471 e. The zero-order chi connectivity index (χ0) is 23.9. The number of benzene rings is 2. The van der Waals surface area contributed by atoms with Crippen molar-refractivity contribution in [3.05, 3.63) is 66.0 Å². The average Bonchev–Trinajstić information content (AvgIpc) is 3.45. The van der Waals surface area contributed by atoms with Crippen molar-refractivity contribution >= 4 is 10.9 Å². The Morgan fingerprint density at radius 3 is 2.49 bits per heavy atom. The van der Waals surface area contributed by atoms with Crippen molar-refractivity contribution in [1.29, 1.82) is 0 Å². The predicted octanol–water partition coefficient (Wildman–Crippen LogP) is 4.93. The molecule has 2 aromatic carbocycles. The number of nitrogens with zero attached hydrogens (tertiary/aromatic N) is 4. The summed E-state index contributed by atoms with van der Waals surface area (Å²) in [7, 11) is 0. The number of ether oxygens (including phenoxy) is 1. The fourth-order valence-corrected chi connectivity index (χ4v) is 5.17. The zero-order valence-electron chi connectivity index (χ0n) is 19.3. The normalized spacial score (nSPS) is 18.6. The van der Waals surface area contributed by atoms with Crippen LogP contribution in [0.3, 0.4) is 0 Å². The molecule has 1 aliphatic heterocycles. The van der Waals surface area contributed by atoms with Crippen molar-refractivity contribution in [2.45, 2.75) is 50.4 Å². The van der Waals surface area contributed by atoms with E-state index >= 15 is 0 Å². The molecule has 7 nitrogen and oxygen atoms in total. The first kappa shape index (κ1) is 22.2. The molecule has 3 N–H and O–H groups in total. The molecule has 1 saturated carbocycles. The van der Waals surface area contributed by atoms with Gasteiger partial charge in [-0.25, -0.2) is 8.78 Å². The minimum atomic E-state index is -1.01. The Bertz CT molecular complexity index is 1320. The van der Waals surface area contributed by atoms with Gasteiger partial charge in [0.05, 0.1) is 17.8 Å². The first-order valence-electron chi connectivity index (χ1n) is 12.2. The molecule has 0 amide bonds. The lowest BCUT2D eigenvalue weighted by Gasteiger charge is -2.41. The quantitative estimate of drug-likeness (QED) is 0.384. The van der Waals surface area contributed by atoms with E-state index < -0.39 is 17.9 Å². The Hall–Kier alpha value is -3.30. The van der Waals surface area contributed by atoms with Gasteiger partial charge in [0, 0.05) is 47.9 Å². The van der Waals surface area contributed by atoms with Crippen LogP contribution >= 0.6 is 0 Å². The van der Waals surface area contributed by atoms with E-state index in [1.54, 1.807) is 6.07 Å². The number of H-pyrrole nitrogens is 1. The fourth-order valence-electron chi connectivity index (χ4n) is 5.17. The number of nitrogens with one attached hydrogen (secondary N) is 1. The van der Waals surface area contributed by atoms with Gasteiger partial charge in [-0.15, -0.1) is 0 Å². The van der Waals surface area contributed by atoms with E-state index in [0.717, 1.165) is 60.2 Å². The van der Waals surface area contributed by atoms with Crippen molar-refractivity contribution in [3.63, 3.8) is 0 Å². The molecule has 2 fully saturated rings. The second-order valence-corrected chi connectivity index (χ2v) is 9.58. The molecule has 0 unspecified atom stereocenters. The molecule has 0 spiro atoms. The van der Waals surface area contributed by atoms with Gasteiger partial charge in [0.25, 0.3) is 0 Å². The van der Waals surface area contributed by atoms with E-state index in [1.807, 2.05) is 18.3 Å². The van der Waals surface area contributed by atoms with E-state index in [1.165, 1.54) is 31.4 Å². The van der Waals surface area contributed by atoms with E-state index in [4.69, 9.17) is 10.5 Å². The molecule has 4 aromatic rings. The smallest absolute Gasteiger partial charge is 0.174 e. The predicted molar refractivity (Wildman–Crippen MR) is 129 cm³/mol. The maximum Gasteiger partial charge on any atom is 0.174 e. The van der Waals surface area contributed by atoms with Crippen LogP contribution in [0.4, 0.5) is 8.78 Å². The van der Waals surface area contributed by atoms with Crippen LogP contribution in [-0.2, 0) is 0 Å². The second-order valence-electron chi connectivity index (χ2n) is 9.58. The zero-order valence-corrected chi connectivity index (χ0v) is 19.3. The summed E-state index contributed by atoms with van der Waals surface area (Å²) in [4.78, 5) is 2.64. The summed E-state index contributed by atoms with van der Waals surface area (Å²) in [5, 5.41) is 13.1. The average molecular weight is 479 g/mol. The van der Waals surface area contributed by atoms with Gasteiger partial charge >= 0.3 is 0 Å². The summed E-state index contributed by atoms with van der Waals surface area (Å²) in [6, 6.07) is 9.76. The highest BCUT2D eigenvalue weighted by Crippen LogP contribution is 2.33. The van der Waals surface area contributed by atoms with Crippen LogP contribution in [0, 0.1) is 11.6 Å². The fraction of sp³-hybridized carbons (Fsp3) is 0.385. The van der Waals surface area contributed by atoms with Crippen LogP contribution in [0.15, 0.2) is 48.8 Å². The monoisotopic (exact) mass is 478 g/mol. The molecular weight excluding hydrogens is 450 g/mol. The number of hydrogen-bond acceptors (Lipinski definition) is 5. The number of aromatic nitrogens is 4. The largest absolute Gasteiger partial charge is 0.471 e. The Kier molecular flexibility index (Phi) is 5.74. The number of rotatable bonds is 6. The second kappa shape index (κ2) is 9.05. The van der Waals surface area contributed by atoms with Crippen LogP contribution in [-0.4, -0.2) is 44.0 Å². The molecule has 0 radical (unpaired) electrons. The number of aromatic amines is 1. The molecule has 1 atom stereocenters. The van der Waals surface area contributed by atoms with Crippen molar-refractivity contribution in [2.75, 3.05) is 13.1 Å². The van der Waals surface area contributed by atoms with Crippen LogP contribution in [0.2, 0.25) is 0 Å². The van der Waals surface area contributed by atoms with E-state index in [2.05, 4.69) is 31.1 Å². The van der Waals surface area contributed by atoms with E-state index in [9.17, 15) is 8.78 Å². The van der Waals surface area contributed by atoms with Gasteiger partial charge in [0.15, 0.2) is 6.23 Å². The number of likely N-dealkylation sites (tertiary alicyclic amines) is 1. The van der Waals surface area contributed by atoms with E-state index in [0.29, 0.717) is 11.8 Å². The summed E-state index contributed by atoms with van der Waals surface area (Å²) < 4.78 is 35.0. The molecule has 35 heavy (non-hydrogen) atoms. The molecule has 0 bridgehead atoms. The van der Waals surface area contributed by atoms with Crippen LogP contribution < -0.4 is 10.5 Å². The standard InChI is InChI=1S/C26H28F2N6O/c27-18-10-16(11-19(28)12-18)26(29)35-22-4-5-24-23(13-22)25(32-31-24)17-14-30-34(15-17)21-6-8-33(9-7-21)20-2-1-3-20/h4-5,10-15,20-21,26H,1-3,6-9,29H2,(H,31,32)/t26-/m0/s1. The SMILES string of the molecule is N[C@@H](Oc1ccc2[nH]nc(-c3cnn(C4CCN(C5CCC5)CC4)c3)c2c1)c1cc(F)cc(F)c1. The highest BCUT2D eigenvalue weighted by Gasteiger charge is 2.29. The molecule has 2 aliphatic rings. The van der Waals surface area contributed by atoms with Gasteiger partial charge < -0.3 is 9.64 Å². The first-order valence-corrected chi connectivity index (χ1v) is 12.2. The van der Waals surface area contributed by atoms with Gasteiger partial charge in [-0.1, -0.05) is 6.42 Å². The maximum absolute atomic E-state index is 13.6. The third-order valence-electron chi connectivity index (χ3n) is 7.35. The molecule has 2 aromatic heterocycles.